The molecule has 0 unspecified atom stereocenters. The van der Waals surface area contributed by atoms with Crippen molar-refractivity contribution in [2.45, 2.75) is 50.7 Å². The summed E-state index contributed by atoms with van der Waals surface area (Å²) in [4.78, 5) is 11.6. The standard InChI is InChI=1S/C29H34N6O/c1-20-17-34(16-15-31-20)22-9-11-23(12-10-22)35-18-26(27-28(30)32-19-33-29(27)35)21-7-13-25(14-8-21)36-24-5-3-2-4-6-24/h2-8,13-14,18-20,22-23,31H,9-12,15-17H2,1H3,(H2,30,32,33)/t20-,22?,23?/m0/s1/i2D,3D,4D,5D,6D. The maximum atomic E-state index is 8.12. The molecule has 1 aliphatic carbocycles. The summed E-state index contributed by atoms with van der Waals surface area (Å²) in [6.07, 6.45) is 8.08. The molecule has 4 aromatic rings. The third-order valence-corrected chi connectivity index (χ3v) is 7.48. The van der Waals surface area contributed by atoms with E-state index in [1.807, 2.05) is 12.1 Å². The van der Waals surface area contributed by atoms with E-state index in [0.717, 1.165) is 67.5 Å². The molecule has 0 amide bonds. The zero-order valence-electron chi connectivity index (χ0n) is 25.4. The highest BCUT2D eigenvalue weighted by Crippen LogP contribution is 2.39. The Labute approximate surface area is 219 Å². The van der Waals surface area contributed by atoms with Crippen molar-refractivity contribution in [1.82, 2.24) is 24.8 Å². The van der Waals surface area contributed by atoms with Crippen molar-refractivity contribution in [2.75, 3.05) is 25.4 Å². The first-order valence-electron chi connectivity index (χ1n) is 15.2. The monoisotopic (exact) mass is 487 g/mol. The maximum Gasteiger partial charge on any atom is 0.146 e. The van der Waals surface area contributed by atoms with Crippen LogP contribution in [0.4, 0.5) is 5.82 Å². The Morgan fingerprint density at radius 3 is 2.50 bits per heavy atom. The van der Waals surface area contributed by atoms with E-state index in [4.69, 9.17) is 17.3 Å². The van der Waals surface area contributed by atoms with Crippen molar-refractivity contribution in [1.29, 1.82) is 0 Å². The Balaban J connectivity index is 1.26. The highest BCUT2D eigenvalue weighted by molar-refractivity contribution is 6.00. The van der Waals surface area contributed by atoms with Crippen LogP contribution in [0.5, 0.6) is 11.5 Å². The molecule has 1 atom stereocenters. The van der Waals surface area contributed by atoms with Gasteiger partial charge in [0, 0.05) is 49.5 Å². The van der Waals surface area contributed by atoms with Crippen molar-refractivity contribution in [3.63, 3.8) is 0 Å². The minimum absolute atomic E-state index is 0.205. The molecule has 7 nitrogen and oxygen atoms in total. The molecule has 7 heteroatoms. The number of nitrogen functional groups attached to an aromatic ring is 1. The van der Waals surface area contributed by atoms with E-state index in [-0.39, 0.29) is 17.8 Å². The molecule has 2 aromatic carbocycles. The summed E-state index contributed by atoms with van der Waals surface area (Å²) < 4.78 is 47.8. The molecule has 1 aliphatic heterocycles. The first-order valence-corrected chi connectivity index (χ1v) is 12.7. The third-order valence-electron chi connectivity index (χ3n) is 7.48. The van der Waals surface area contributed by atoms with Crippen LogP contribution in [-0.4, -0.2) is 51.2 Å². The van der Waals surface area contributed by atoms with Crippen molar-refractivity contribution in [3.05, 3.63) is 67.0 Å². The topological polar surface area (TPSA) is 81.2 Å². The van der Waals surface area contributed by atoms with Crippen molar-refractivity contribution in [2.24, 2.45) is 0 Å². The van der Waals surface area contributed by atoms with Gasteiger partial charge in [-0.1, -0.05) is 30.3 Å². The number of nitrogens with two attached hydrogens (primary N) is 1. The van der Waals surface area contributed by atoms with Crippen LogP contribution in [0.2, 0.25) is 0 Å². The Hall–Kier alpha value is -3.42. The van der Waals surface area contributed by atoms with Crippen LogP contribution in [-0.2, 0) is 0 Å². The Morgan fingerprint density at radius 1 is 1.00 bits per heavy atom. The number of fused-ring (bicyclic) bond motifs is 1. The number of nitrogens with one attached hydrogen (secondary N) is 1. The molecule has 186 valence electrons. The largest absolute Gasteiger partial charge is 0.457 e. The Kier molecular flexibility index (Phi) is 4.93. The zero-order chi connectivity index (χ0) is 28.8. The van der Waals surface area contributed by atoms with E-state index < -0.39 is 18.1 Å². The van der Waals surface area contributed by atoms with Crippen LogP contribution in [0.25, 0.3) is 22.2 Å². The van der Waals surface area contributed by atoms with Gasteiger partial charge < -0.3 is 20.4 Å². The maximum absolute atomic E-state index is 8.12. The molecule has 2 fully saturated rings. The zero-order valence-corrected chi connectivity index (χ0v) is 20.4. The van der Waals surface area contributed by atoms with Gasteiger partial charge >= 0.3 is 0 Å². The van der Waals surface area contributed by atoms with E-state index in [0.29, 0.717) is 29.7 Å². The van der Waals surface area contributed by atoms with Gasteiger partial charge in [0.1, 0.15) is 29.3 Å². The van der Waals surface area contributed by atoms with Crippen LogP contribution in [0.15, 0.2) is 67.0 Å². The predicted octanol–water partition coefficient (Wildman–Crippen LogP) is 5.25. The summed E-state index contributed by atoms with van der Waals surface area (Å²) in [5.74, 6) is 0.580. The SMILES string of the molecule is [2H]c1c([2H])c([2H])c(Oc2ccc(-c3cn(C4CCC(N5CCN[C@@H](C)C5)CC4)c4ncnc(N)c34)cc2)c([2H])c1[2H]. The van der Waals surface area contributed by atoms with Crippen LogP contribution < -0.4 is 15.8 Å². The van der Waals surface area contributed by atoms with Gasteiger partial charge in [-0.2, -0.15) is 0 Å². The number of nitrogens with zero attached hydrogens (tertiary/aromatic N) is 4. The van der Waals surface area contributed by atoms with Crippen LogP contribution >= 0.6 is 0 Å². The molecule has 1 saturated heterocycles. The normalized spacial score (nSPS) is 25.0. The lowest BCUT2D eigenvalue weighted by atomic mass is 9.89. The van der Waals surface area contributed by atoms with Gasteiger partial charge in [0.15, 0.2) is 0 Å². The third kappa shape index (κ3) is 4.56. The van der Waals surface area contributed by atoms with Gasteiger partial charge in [0.2, 0.25) is 0 Å². The molecule has 3 N–H and O–H groups in total. The van der Waals surface area contributed by atoms with Gasteiger partial charge in [0.25, 0.3) is 0 Å². The second-order valence-corrected chi connectivity index (χ2v) is 9.80. The van der Waals surface area contributed by atoms with Gasteiger partial charge in [-0.15, -0.1) is 0 Å². The molecular formula is C29H34N6O. The van der Waals surface area contributed by atoms with Gasteiger partial charge in [-0.25, -0.2) is 9.97 Å². The summed E-state index contributed by atoms with van der Waals surface area (Å²) in [6, 6.07) is 6.58. The summed E-state index contributed by atoms with van der Waals surface area (Å²) in [6.45, 7) is 5.51. The highest BCUT2D eigenvalue weighted by Gasteiger charge is 2.30. The number of hydrogen-bond donors (Lipinski definition) is 2. The number of benzene rings is 2. The van der Waals surface area contributed by atoms with E-state index in [1.54, 1.807) is 12.1 Å². The van der Waals surface area contributed by atoms with Crippen molar-refractivity contribution in [3.8, 4) is 22.6 Å². The molecule has 0 spiro atoms. The average molecular weight is 488 g/mol. The van der Waals surface area contributed by atoms with Crippen molar-refractivity contribution < 1.29 is 11.6 Å². The predicted molar refractivity (Wildman–Crippen MR) is 144 cm³/mol. The summed E-state index contributed by atoms with van der Waals surface area (Å²) >= 11 is 0. The van der Waals surface area contributed by atoms with Crippen LogP contribution in [0.3, 0.4) is 0 Å². The number of piperazine rings is 1. The molecule has 3 heterocycles. The van der Waals surface area contributed by atoms with Gasteiger partial charge in [-0.3, -0.25) is 4.90 Å². The van der Waals surface area contributed by atoms with E-state index >= 15 is 0 Å². The van der Waals surface area contributed by atoms with Crippen LogP contribution in [0, 0.1) is 0 Å². The number of ether oxygens (including phenoxy) is 1. The lowest BCUT2D eigenvalue weighted by molar-refractivity contribution is 0.107. The molecule has 1 saturated carbocycles. The molecule has 2 aromatic heterocycles. The molecule has 36 heavy (non-hydrogen) atoms. The van der Waals surface area contributed by atoms with Gasteiger partial charge in [0.05, 0.1) is 12.2 Å². The first kappa shape index (κ1) is 17.9. The number of anilines is 1. The van der Waals surface area contributed by atoms with Gasteiger partial charge in [-0.05, 0) is 62.4 Å². The molecule has 6 rings (SSSR count). The highest BCUT2D eigenvalue weighted by atomic mass is 16.5. The average Bonchev–Trinajstić information content (AvgIpc) is 3.39. The fraction of sp³-hybridized carbons (Fsp3) is 0.379. The number of aromatic nitrogens is 3. The van der Waals surface area contributed by atoms with E-state index in [2.05, 4.69) is 37.9 Å². The number of para-hydroxylation sites is 1. The summed E-state index contributed by atoms with van der Waals surface area (Å²) in [5.41, 5.74) is 9.02. The second-order valence-electron chi connectivity index (χ2n) is 9.80. The quantitative estimate of drug-likeness (QED) is 0.400. The number of rotatable bonds is 5. The Morgan fingerprint density at radius 2 is 1.75 bits per heavy atom. The molecule has 0 radical (unpaired) electrons. The second kappa shape index (κ2) is 9.91. The van der Waals surface area contributed by atoms with E-state index in [9.17, 15) is 0 Å². The number of hydrogen-bond acceptors (Lipinski definition) is 6. The lowest BCUT2D eigenvalue weighted by Crippen LogP contribution is -2.53. The molecular weight excluding hydrogens is 448 g/mol. The first-order chi connectivity index (χ1) is 19.7. The molecule has 0 bridgehead atoms. The fourth-order valence-corrected chi connectivity index (χ4v) is 5.71. The fourth-order valence-electron chi connectivity index (χ4n) is 5.71. The van der Waals surface area contributed by atoms with E-state index in [1.165, 1.54) is 6.33 Å². The minimum Gasteiger partial charge on any atom is -0.457 e. The Bertz CT molecular complexity index is 1560. The van der Waals surface area contributed by atoms with Crippen LogP contribution in [0.1, 0.15) is 45.5 Å². The summed E-state index contributed by atoms with van der Waals surface area (Å²) in [7, 11) is 0. The lowest BCUT2D eigenvalue weighted by Gasteiger charge is -2.41. The smallest absolute Gasteiger partial charge is 0.146 e. The summed E-state index contributed by atoms with van der Waals surface area (Å²) in [5, 5.41) is 4.35. The van der Waals surface area contributed by atoms with Crippen molar-refractivity contribution >= 4 is 16.9 Å². The minimum atomic E-state index is -0.453. The molecule has 2 aliphatic rings.